The lowest BCUT2D eigenvalue weighted by molar-refractivity contribution is 0.654. The van der Waals surface area contributed by atoms with Crippen LogP contribution in [0.2, 0.25) is 0 Å². The van der Waals surface area contributed by atoms with Crippen molar-refractivity contribution >= 4 is 0 Å². The summed E-state index contributed by atoms with van der Waals surface area (Å²) >= 11 is 0. The van der Waals surface area contributed by atoms with Crippen LogP contribution in [-0.2, 0) is 19.4 Å². The van der Waals surface area contributed by atoms with E-state index in [1.807, 2.05) is 0 Å². The number of hydrogen-bond donors (Lipinski definition) is 2. The van der Waals surface area contributed by atoms with E-state index in [0.29, 0.717) is 0 Å². The van der Waals surface area contributed by atoms with Crippen molar-refractivity contribution in [2.75, 3.05) is 6.54 Å². The number of fused-ring (bicyclic) bond motifs is 3. The Hall–Kier alpha value is -1.61. The van der Waals surface area contributed by atoms with E-state index in [1.165, 1.54) is 16.8 Å². The van der Waals surface area contributed by atoms with E-state index in [4.69, 9.17) is 4.98 Å². The van der Waals surface area contributed by atoms with Gasteiger partial charge in [-0.1, -0.05) is 31.2 Å². The van der Waals surface area contributed by atoms with Gasteiger partial charge in [0.25, 0.3) is 0 Å². The van der Waals surface area contributed by atoms with Crippen LogP contribution < -0.4 is 5.32 Å². The highest BCUT2D eigenvalue weighted by Gasteiger charge is 2.19. The molecule has 3 nitrogen and oxygen atoms in total. The van der Waals surface area contributed by atoms with Gasteiger partial charge in [0.2, 0.25) is 0 Å². The molecular weight excluding hydrogens is 222 g/mol. The van der Waals surface area contributed by atoms with Crippen LogP contribution in [0.5, 0.6) is 0 Å². The summed E-state index contributed by atoms with van der Waals surface area (Å²) in [6.07, 6.45) is 3.35. The van der Waals surface area contributed by atoms with Crippen LogP contribution in [0.1, 0.15) is 30.4 Å². The van der Waals surface area contributed by atoms with Gasteiger partial charge >= 0.3 is 0 Å². The van der Waals surface area contributed by atoms with Gasteiger partial charge in [-0.15, -0.1) is 0 Å². The van der Waals surface area contributed by atoms with Crippen molar-refractivity contribution in [3.05, 3.63) is 41.3 Å². The summed E-state index contributed by atoms with van der Waals surface area (Å²) in [6, 6.07) is 8.59. The summed E-state index contributed by atoms with van der Waals surface area (Å²) in [7, 11) is 0. The maximum Gasteiger partial charge on any atom is 0.121 e. The average molecular weight is 241 g/mol. The molecule has 1 aromatic carbocycles. The van der Waals surface area contributed by atoms with E-state index < -0.39 is 0 Å². The molecule has 1 aliphatic rings. The Bertz CT molecular complexity index is 542. The molecule has 94 valence electrons. The van der Waals surface area contributed by atoms with E-state index in [1.54, 1.807) is 0 Å². The number of imidazole rings is 1. The number of nitrogens with one attached hydrogen (secondary N) is 2. The highest BCUT2D eigenvalue weighted by molar-refractivity contribution is 5.68. The molecule has 2 N–H and O–H groups in total. The quantitative estimate of drug-likeness (QED) is 0.808. The van der Waals surface area contributed by atoms with E-state index in [9.17, 15) is 0 Å². The monoisotopic (exact) mass is 241 g/mol. The van der Waals surface area contributed by atoms with E-state index in [2.05, 4.69) is 41.5 Å². The van der Waals surface area contributed by atoms with Crippen molar-refractivity contribution < 1.29 is 0 Å². The van der Waals surface area contributed by atoms with Crippen LogP contribution in [0.3, 0.4) is 0 Å². The molecular formula is C15H19N3. The zero-order chi connectivity index (χ0) is 12.4. The number of hydrogen-bond acceptors (Lipinski definition) is 2. The van der Waals surface area contributed by atoms with Gasteiger partial charge in [-0.2, -0.15) is 0 Å². The topological polar surface area (TPSA) is 40.7 Å². The first-order valence-electron chi connectivity index (χ1n) is 6.75. The average Bonchev–Trinajstić information content (AvgIpc) is 2.82. The molecule has 1 aromatic heterocycles. The lowest BCUT2D eigenvalue weighted by Gasteiger charge is -2.14. The predicted octanol–water partition coefficient (Wildman–Crippen LogP) is 2.67. The van der Waals surface area contributed by atoms with E-state index >= 15 is 0 Å². The smallest absolute Gasteiger partial charge is 0.121 e. The number of aromatic amines is 1. The minimum atomic E-state index is 0.836. The van der Waals surface area contributed by atoms with Crippen LogP contribution >= 0.6 is 0 Å². The molecule has 1 heterocycles. The largest absolute Gasteiger partial charge is 0.344 e. The molecule has 3 rings (SSSR count). The highest BCUT2D eigenvalue weighted by atomic mass is 15.0. The van der Waals surface area contributed by atoms with Gasteiger partial charge in [0.1, 0.15) is 5.82 Å². The molecule has 3 heteroatoms. The summed E-state index contributed by atoms with van der Waals surface area (Å²) in [5.74, 6) is 1.06. The van der Waals surface area contributed by atoms with Crippen molar-refractivity contribution in [2.24, 2.45) is 0 Å². The first-order chi connectivity index (χ1) is 8.88. The molecule has 0 spiro atoms. The molecule has 0 saturated carbocycles. The first kappa shape index (κ1) is 11.5. The van der Waals surface area contributed by atoms with Crippen LogP contribution in [0, 0.1) is 0 Å². The third-order valence-electron chi connectivity index (χ3n) is 3.46. The van der Waals surface area contributed by atoms with Crippen LogP contribution in [0.4, 0.5) is 0 Å². The predicted molar refractivity (Wildman–Crippen MR) is 73.4 cm³/mol. The molecule has 0 radical (unpaired) electrons. The van der Waals surface area contributed by atoms with Gasteiger partial charge in [-0.3, -0.25) is 0 Å². The number of aromatic nitrogens is 2. The maximum atomic E-state index is 4.75. The minimum absolute atomic E-state index is 0.836. The van der Waals surface area contributed by atoms with Gasteiger partial charge in [0.05, 0.1) is 12.2 Å². The highest BCUT2D eigenvalue weighted by Crippen LogP contribution is 2.31. The Balaban J connectivity index is 1.87. The number of aryl methyl sites for hydroxylation is 2. The van der Waals surface area contributed by atoms with Crippen molar-refractivity contribution in [1.29, 1.82) is 0 Å². The van der Waals surface area contributed by atoms with Crippen LogP contribution in [-0.4, -0.2) is 16.5 Å². The Morgan fingerprint density at radius 3 is 3.06 bits per heavy atom. The SMILES string of the molecule is CCCNCc1nc2c([nH]1)CCc1ccccc1-2. The lowest BCUT2D eigenvalue weighted by Crippen LogP contribution is -2.14. The van der Waals surface area contributed by atoms with Crippen LogP contribution in [0.25, 0.3) is 11.3 Å². The first-order valence-corrected chi connectivity index (χ1v) is 6.75. The standard InChI is InChI=1S/C15H19N3/c1-2-9-16-10-14-17-13-8-7-11-5-3-4-6-12(11)15(13)18-14/h3-6,16H,2,7-10H2,1H3,(H,17,18). The van der Waals surface area contributed by atoms with Gasteiger partial charge in [-0.05, 0) is 31.4 Å². The molecule has 0 unspecified atom stereocenters. The third-order valence-corrected chi connectivity index (χ3v) is 3.46. The van der Waals surface area contributed by atoms with Crippen LogP contribution in [0.15, 0.2) is 24.3 Å². The molecule has 0 bridgehead atoms. The molecule has 0 atom stereocenters. The fourth-order valence-corrected chi connectivity index (χ4v) is 2.56. The minimum Gasteiger partial charge on any atom is -0.344 e. The maximum absolute atomic E-state index is 4.75. The molecule has 1 aliphatic carbocycles. The zero-order valence-corrected chi connectivity index (χ0v) is 10.8. The third kappa shape index (κ3) is 2.06. The Morgan fingerprint density at radius 1 is 1.28 bits per heavy atom. The number of H-pyrrole nitrogens is 1. The summed E-state index contributed by atoms with van der Waals surface area (Å²) in [5, 5.41) is 3.39. The van der Waals surface area contributed by atoms with E-state index in [-0.39, 0.29) is 0 Å². The van der Waals surface area contributed by atoms with Crippen molar-refractivity contribution in [3.8, 4) is 11.3 Å². The van der Waals surface area contributed by atoms with E-state index in [0.717, 1.165) is 43.9 Å². The fraction of sp³-hybridized carbons (Fsp3) is 0.400. The second kappa shape index (κ2) is 4.94. The van der Waals surface area contributed by atoms with Gasteiger partial charge in [0.15, 0.2) is 0 Å². The van der Waals surface area contributed by atoms with Gasteiger partial charge < -0.3 is 10.3 Å². The lowest BCUT2D eigenvalue weighted by atomic mass is 9.93. The number of benzene rings is 1. The van der Waals surface area contributed by atoms with Gasteiger partial charge in [0, 0.05) is 11.3 Å². The van der Waals surface area contributed by atoms with Crippen molar-refractivity contribution in [2.45, 2.75) is 32.7 Å². The summed E-state index contributed by atoms with van der Waals surface area (Å²) in [5.41, 5.74) is 5.17. The Morgan fingerprint density at radius 2 is 2.17 bits per heavy atom. The second-order valence-electron chi connectivity index (χ2n) is 4.84. The number of rotatable bonds is 4. The van der Waals surface area contributed by atoms with Crippen molar-refractivity contribution in [1.82, 2.24) is 15.3 Å². The molecule has 0 aliphatic heterocycles. The molecule has 0 saturated heterocycles. The Labute approximate surface area is 108 Å². The summed E-state index contributed by atoms with van der Waals surface area (Å²) in [4.78, 5) is 8.21. The zero-order valence-electron chi connectivity index (χ0n) is 10.8. The fourth-order valence-electron chi connectivity index (χ4n) is 2.56. The molecule has 0 fully saturated rings. The molecule has 2 aromatic rings. The summed E-state index contributed by atoms with van der Waals surface area (Å²) in [6.45, 7) is 4.06. The molecule has 18 heavy (non-hydrogen) atoms. The van der Waals surface area contributed by atoms with Crippen molar-refractivity contribution in [3.63, 3.8) is 0 Å². The molecule has 0 amide bonds. The number of nitrogens with zero attached hydrogens (tertiary/aromatic N) is 1. The van der Waals surface area contributed by atoms with Gasteiger partial charge in [-0.25, -0.2) is 4.98 Å². The Kier molecular flexibility index (Phi) is 3.15. The normalized spacial score (nSPS) is 13.2. The second-order valence-corrected chi connectivity index (χ2v) is 4.84. The summed E-state index contributed by atoms with van der Waals surface area (Å²) < 4.78 is 0.